The van der Waals surface area contributed by atoms with Crippen molar-refractivity contribution in [2.45, 2.75) is 25.5 Å². The summed E-state index contributed by atoms with van der Waals surface area (Å²) in [6.07, 6.45) is 5.66. The van der Waals surface area contributed by atoms with Crippen LogP contribution in [0.1, 0.15) is 28.9 Å². The Morgan fingerprint density at radius 3 is 2.88 bits per heavy atom. The van der Waals surface area contributed by atoms with E-state index in [2.05, 4.69) is 16.9 Å². The van der Waals surface area contributed by atoms with Crippen LogP contribution in [0.5, 0.6) is 0 Å². The van der Waals surface area contributed by atoms with Crippen LogP contribution >= 0.6 is 0 Å². The molecule has 1 amide bonds. The smallest absolute Gasteiger partial charge is 0.256 e. The molecule has 2 aromatic rings. The summed E-state index contributed by atoms with van der Waals surface area (Å²) in [6, 6.07) is 13.3. The second-order valence-corrected chi connectivity index (χ2v) is 6.36. The normalized spacial score (nSPS) is 16.2. The van der Waals surface area contributed by atoms with Crippen LogP contribution in [0.3, 0.4) is 0 Å². The van der Waals surface area contributed by atoms with E-state index in [0.717, 1.165) is 30.8 Å². The van der Waals surface area contributed by atoms with E-state index in [0.29, 0.717) is 25.2 Å². The molecule has 0 unspecified atom stereocenters. The highest BCUT2D eigenvalue weighted by atomic mass is 16.5. The third-order valence-electron chi connectivity index (χ3n) is 4.41. The van der Waals surface area contributed by atoms with E-state index in [1.807, 2.05) is 47.4 Å². The van der Waals surface area contributed by atoms with E-state index >= 15 is 0 Å². The van der Waals surface area contributed by atoms with Crippen LogP contribution in [0.4, 0.5) is 5.69 Å². The molecule has 0 radical (unpaired) electrons. The first-order valence-corrected chi connectivity index (χ1v) is 9.02. The number of hydrogen-bond acceptors (Lipinski definition) is 4. The second-order valence-electron chi connectivity index (χ2n) is 6.36. The first kappa shape index (κ1) is 18.1. The van der Waals surface area contributed by atoms with Crippen molar-refractivity contribution in [1.29, 1.82) is 0 Å². The molecule has 136 valence electrons. The van der Waals surface area contributed by atoms with Crippen molar-refractivity contribution in [2.24, 2.45) is 0 Å². The molecule has 26 heavy (non-hydrogen) atoms. The Morgan fingerprint density at radius 2 is 2.15 bits per heavy atom. The number of aromatic nitrogens is 1. The van der Waals surface area contributed by atoms with Crippen molar-refractivity contribution in [2.75, 3.05) is 25.0 Å². The van der Waals surface area contributed by atoms with E-state index in [1.54, 1.807) is 12.3 Å². The van der Waals surface area contributed by atoms with Gasteiger partial charge in [-0.25, -0.2) is 0 Å². The van der Waals surface area contributed by atoms with E-state index in [-0.39, 0.29) is 12.0 Å². The third kappa shape index (κ3) is 4.70. The third-order valence-corrected chi connectivity index (χ3v) is 4.41. The fourth-order valence-corrected chi connectivity index (χ4v) is 3.12. The minimum atomic E-state index is -0.0154. The predicted molar refractivity (Wildman–Crippen MR) is 103 cm³/mol. The largest absolute Gasteiger partial charge is 0.381 e. The molecule has 0 aliphatic carbocycles. The summed E-state index contributed by atoms with van der Waals surface area (Å²) in [5, 5.41) is 3.24. The van der Waals surface area contributed by atoms with Gasteiger partial charge in [0.05, 0.1) is 23.9 Å². The van der Waals surface area contributed by atoms with Crippen LogP contribution in [0.2, 0.25) is 0 Å². The molecule has 1 aromatic carbocycles. The molecule has 0 spiro atoms. The molecule has 1 fully saturated rings. The van der Waals surface area contributed by atoms with Crippen LogP contribution in [-0.4, -0.2) is 41.6 Å². The van der Waals surface area contributed by atoms with Crippen molar-refractivity contribution >= 4 is 11.6 Å². The Balaban J connectivity index is 1.82. The highest BCUT2D eigenvalue weighted by molar-refractivity contribution is 5.99. The number of hydrogen-bond donors (Lipinski definition) is 1. The average Bonchev–Trinajstić information content (AvgIpc) is 3.19. The molecule has 0 bridgehead atoms. The molecule has 1 aliphatic rings. The number of nitrogens with one attached hydrogen (secondary N) is 1. The molecule has 1 atom stereocenters. The van der Waals surface area contributed by atoms with Gasteiger partial charge in [0.15, 0.2) is 0 Å². The van der Waals surface area contributed by atoms with Crippen LogP contribution in [0.15, 0.2) is 61.3 Å². The SMILES string of the molecule is C=CCNc1ccccc1C(=O)N(Cc1ccccn1)C[C@@H]1CCCO1. The summed E-state index contributed by atoms with van der Waals surface area (Å²) in [4.78, 5) is 19.5. The van der Waals surface area contributed by atoms with Gasteiger partial charge in [-0.05, 0) is 37.1 Å². The first-order chi connectivity index (χ1) is 12.8. The van der Waals surface area contributed by atoms with Gasteiger partial charge in [0, 0.05) is 31.6 Å². The van der Waals surface area contributed by atoms with E-state index in [1.165, 1.54) is 0 Å². The molecule has 1 aromatic heterocycles. The zero-order valence-corrected chi connectivity index (χ0v) is 14.9. The van der Waals surface area contributed by atoms with E-state index < -0.39 is 0 Å². The number of amides is 1. The second kappa shape index (κ2) is 9.15. The summed E-state index contributed by atoms with van der Waals surface area (Å²) in [6.45, 7) is 6.15. The number of pyridine rings is 1. The average molecular weight is 351 g/mol. The maximum absolute atomic E-state index is 13.3. The fraction of sp³-hybridized carbons (Fsp3) is 0.333. The van der Waals surface area contributed by atoms with Crippen LogP contribution < -0.4 is 5.32 Å². The Kier molecular flexibility index (Phi) is 6.39. The molecule has 5 heteroatoms. The number of anilines is 1. The molecule has 5 nitrogen and oxygen atoms in total. The Bertz CT molecular complexity index is 727. The molecule has 3 rings (SSSR count). The molecule has 1 aliphatic heterocycles. The van der Waals surface area contributed by atoms with Gasteiger partial charge in [0.25, 0.3) is 5.91 Å². The Hall–Kier alpha value is -2.66. The van der Waals surface area contributed by atoms with Gasteiger partial charge >= 0.3 is 0 Å². The lowest BCUT2D eigenvalue weighted by atomic mass is 10.1. The van der Waals surface area contributed by atoms with Crippen molar-refractivity contribution in [3.63, 3.8) is 0 Å². The summed E-state index contributed by atoms with van der Waals surface area (Å²) in [5.74, 6) is -0.0154. The fourth-order valence-electron chi connectivity index (χ4n) is 3.12. The summed E-state index contributed by atoms with van der Waals surface area (Å²) >= 11 is 0. The number of para-hydroxylation sites is 1. The molecular weight excluding hydrogens is 326 g/mol. The minimum Gasteiger partial charge on any atom is -0.381 e. The number of benzene rings is 1. The lowest BCUT2D eigenvalue weighted by molar-refractivity contribution is 0.0505. The maximum atomic E-state index is 13.3. The number of carbonyl (C=O) groups is 1. The van der Waals surface area contributed by atoms with Crippen LogP contribution in [0, 0.1) is 0 Å². The maximum Gasteiger partial charge on any atom is 0.256 e. The van der Waals surface area contributed by atoms with Gasteiger partial charge < -0.3 is 15.0 Å². The number of carbonyl (C=O) groups excluding carboxylic acids is 1. The van der Waals surface area contributed by atoms with Gasteiger partial charge in [-0.15, -0.1) is 6.58 Å². The van der Waals surface area contributed by atoms with Gasteiger partial charge in [-0.1, -0.05) is 24.3 Å². The summed E-state index contributed by atoms with van der Waals surface area (Å²) < 4.78 is 5.76. The van der Waals surface area contributed by atoms with Gasteiger partial charge in [-0.2, -0.15) is 0 Å². The van der Waals surface area contributed by atoms with Gasteiger partial charge in [0.2, 0.25) is 0 Å². The van der Waals surface area contributed by atoms with Gasteiger partial charge in [0.1, 0.15) is 0 Å². The predicted octanol–water partition coefficient (Wildman–Crippen LogP) is 3.50. The van der Waals surface area contributed by atoms with Gasteiger partial charge in [-0.3, -0.25) is 9.78 Å². The monoisotopic (exact) mass is 351 g/mol. The quantitative estimate of drug-likeness (QED) is 0.740. The minimum absolute atomic E-state index is 0.0154. The topological polar surface area (TPSA) is 54.5 Å². The first-order valence-electron chi connectivity index (χ1n) is 9.02. The molecule has 0 saturated carbocycles. The molecular formula is C21H25N3O2. The Morgan fingerprint density at radius 1 is 1.31 bits per heavy atom. The van der Waals surface area contributed by atoms with Crippen molar-refractivity contribution in [1.82, 2.24) is 9.88 Å². The number of ether oxygens (including phenoxy) is 1. The lowest BCUT2D eigenvalue weighted by Gasteiger charge is -2.26. The Labute approximate surface area is 154 Å². The zero-order valence-electron chi connectivity index (χ0n) is 14.9. The highest BCUT2D eigenvalue weighted by Crippen LogP contribution is 2.21. The summed E-state index contributed by atoms with van der Waals surface area (Å²) in [7, 11) is 0. The zero-order chi connectivity index (χ0) is 18.2. The van der Waals surface area contributed by atoms with Crippen molar-refractivity contribution in [3.8, 4) is 0 Å². The molecule has 1 saturated heterocycles. The standard InChI is InChI=1S/C21H25N3O2/c1-2-12-23-20-11-4-3-10-19(20)21(25)24(16-18-9-7-14-26-18)15-17-8-5-6-13-22-17/h2-6,8,10-11,13,18,23H,1,7,9,12,14-16H2/t18-/m0/s1. The summed E-state index contributed by atoms with van der Waals surface area (Å²) in [5.41, 5.74) is 2.34. The number of nitrogens with zero attached hydrogens (tertiary/aromatic N) is 2. The van der Waals surface area contributed by atoms with Crippen LogP contribution in [0.25, 0.3) is 0 Å². The number of rotatable bonds is 8. The molecule has 1 N–H and O–H groups in total. The molecule has 2 heterocycles. The van der Waals surface area contributed by atoms with Crippen molar-refractivity contribution < 1.29 is 9.53 Å². The van der Waals surface area contributed by atoms with Crippen LogP contribution in [-0.2, 0) is 11.3 Å². The van der Waals surface area contributed by atoms with E-state index in [9.17, 15) is 4.79 Å². The van der Waals surface area contributed by atoms with Crippen molar-refractivity contribution in [3.05, 3.63) is 72.6 Å². The van der Waals surface area contributed by atoms with E-state index in [4.69, 9.17) is 4.74 Å². The lowest BCUT2D eigenvalue weighted by Crippen LogP contribution is -2.37. The highest BCUT2D eigenvalue weighted by Gasteiger charge is 2.25.